The number of benzene rings is 1. The fraction of sp³-hybridized carbons (Fsp3) is 0.333. The Morgan fingerprint density at radius 3 is 2.96 bits per heavy atom. The molecule has 23 heavy (non-hydrogen) atoms. The van der Waals surface area contributed by atoms with E-state index in [1.165, 1.54) is 11.1 Å². The zero-order valence-corrected chi connectivity index (χ0v) is 13.2. The van der Waals surface area contributed by atoms with Crippen molar-refractivity contribution in [3.05, 3.63) is 59.3 Å². The molecule has 0 radical (unpaired) electrons. The molecule has 5 nitrogen and oxygen atoms in total. The molecule has 1 aromatic carbocycles. The fourth-order valence-electron chi connectivity index (χ4n) is 2.93. The molecule has 1 aliphatic carbocycles. The number of aryl methyl sites for hydroxylation is 1. The van der Waals surface area contributed by atoms with Crippen molar-refractivity contribution in [3.8, 4) is 5.88 Å². The zero-order valence-electron chi connectivity index (χ0n) is 13.2. The molecule has 120 valence electrons. The van der Waals surface area contributed by atoms with Gasteiger partial charge in [-0.3, -0.25) is 0 Å². The lowest BCUT2D eigenvalue weighted by molar-refractivity contribution is 0.235. The van der Waals surface area contributed by atoms with Crippen molar-refractivity contribution in [2.24, 2.45) is 0 Å². The highest BCUT2D eigenvalue weighted by molar-refractivity contribution is 5.74. The predicted octanol–water partition coefficient (Wildman–Crippen LogP) is 2.97. The van der Waals surface area contributed by atoms with Gasteiger partial charge in [0.1, 0.15) is 0 Å². The van der Waals surface area contributed by atoms with Crippen molar-refractivity contribution >= 4 is 6.03 Å². The first-order valence-corrected chi connectivity index (χ1v) is 7.87. The Bertz CT molecular complexity index is 670. The van der Waals surface area contributed by atoms with Crippen LogP contribution in [-0.4, -0.2) is 18.1 Å². The van der Waals surface area contributed by atoms with Gasteiger partial charge in [-0.25, -0.2) is 9.78 Å². The molecule has 0 saturated carbocycles. The Morgan fingerprint density at radius 1 is 1.30 bits per heavy atom. The Balaban J connectivity index is 1.55. The number of rotatable bonds is 4. The SMILES string of the molecule is COc1ccc(CNC(=O)NC2CCCc3ccccc32)cn1. The van der Waals surface area contributed by atoms with Gasteiger partial charge in [0.2, 0.25) is 5.88 Å². The number of fused-ring (bicyclic) bond motifs is 1. The Hall–Kier alpha value is -2.56. The molecule has 0 aliphatic heterocycles. The second-order valence-electron chi connectivity index (χ2n) is 5.68. The van der Waals surface area contributed by atoms with Gasteiger partial charge in [-0.2, -0.15) is 0 Å². The second kappa shape index (κ2) is 7.13. The first-order valence-electron chi connectivity index (χ1n) is 7.87. The zero-order chi connectivity index (χ0) is 16.1. The third-order valence-corrected chi connectivity index (χ3v) is 4.13. The first-order chi connectivity index (χ1) is 11.3. The standard InChI is InChI=1S/C18H21N3O2/c1-23-17-10-9-13(11-19-17)12-20-18(22)21-16-8-4-6-14-5-2-3-7-15(14)16/h2-3,5,7,9-11,16H,4,6,8,12H2,1H3,(H2,20,21,22). The van der Waals surface area contributed by atoms with Gasteiger partial charge in [0.25, 0.3) is 0 Å². The van der Waals surface area contributed by atoms with Crippen molar-refractivity contribution in [2.45, 2.75) is 31.8 Å². The molecule has 1 aromatic heterocycles. The molecule has 2 amide bonds. The summed E-state index contributed by atoms with van der Waals surface area (Å²) in [5.74, 6) is 0.567. The number of nitrogens with zero attached hydrogens (tertiary/aromatic N) is 1. The summed E-state index contributed by atoms with van der Waals surface area (Å²) in [6, 6.07) is 11.9. The third kappa shape index (κ3) is 3.80. The molecule has 1 heterocycles. The first kappa shape index (κ1) is 15.3. The van der Waals surface area contributed by atoms with Gasteiger partial charge in [-0.1, -0.05) is 30.3 Å². The van der Waals surface area contributed by atoms with E-state index in [0.717, 1.165) is 24.8 Å². The Morgan fingerprint density at radius 2 is 2.17 bits per heavy atom. The highest BCUT2D eigenvalue weighted by atomic mass is 16.5. The molecule has 1 atom stereocenters. The molecule has 3 rings (SSSR count). The summed E-state index contributed by atoms with van der Waals surface area (Å²) < 4.78 is 5.02. The van der Waals surface area contributed by atoms with E-state index < -0.39 is 0 Å². The topological polar surface area (TPSA) is 63.2 Å². The quantitative estimate of drug-likeness (QED) is 0.912. The number of urea groups is 1. The van der Waals surface area contributed by atoms with Crippen molar-refractivity contribution in [3.63, 3.8) is 0 Å². The van der Waals surface area contributed by atoms with Crippen molar-refractivity contribution in [1.29, 1.82) is 0 Å². The van der Waals surface area contributed by atoms with E-state index in [2.05, 4.69) is 33.8 Å². The van der Waals surface area contributed by atoms with Crippen LogP contribution in [0.4, 0.5) is 4.79 Å². The molecule has 5 heteroatoms. The minimum Gasteiger partial charge on any atom is -0.481 e. The number of ether oxygens (including phenoxy) is 1. The van der Waals surface area contributed by atoms with Crippen molar-refractivity contribution < 1.29 is 9.53 Å². The van der Waals surface area contributed by atoms with E-state index >= 15 is 0 Å². The van der Waals surface area contributed by atoms with Gasteiger partial charge in [-0.05, 0) is 36.0 Å². The van der Waals surface area contributed by atoms with Crippen LogP contribution in [0, 0.1) is 0 Å². The highest BCUT2D eigenvalue weighted by Gasteiger charge is 2.21. The molecule has 1 unspecified atom stereocenters. The number of methoxy groups -OCH3 is 1. The van der Waals surface area contributed by atoms with Gasteiger partial charge in [-0.15, -0.1) is 0 Å². The normalized spacial score (nSPS) is 16.3. The lowest BCUT2D eigenvalue weighted by atomic mass is 9.88. The highest BCUT2D eigenvalue weighted by Crippen LogP contribution is 2.29. The summed E-state index contributed by atoms with van der Waals surface area (Å²) >= 11 is 0. The molecule has 1 aliphatic rings. The molecule has 2 aromatic rings. The predicted molar refractivity (Wildman–Crippen MR) is 88.3 cm³/mol. The van der Waals surface area contributed by atoms with Gasteiger partial charge in [0.05, 0.1) is 13.2 Å². The molecular weight excluding hydrogens is 290 g/mol. The number of carbonyl (C=O) groups is 1. The second-order valence-corrected chi connectivity index (χ2v) is 5.68. The minimum atomic E-state index is -0.150. The summed E-state index contributed by atoms with van der Waals surface area (Å²) in [6.07, 6.45) is 4.88. The summed E-state index contributed by atoms with van der Waals surface area (Å²) in [5, 5.41) is 5.96. The summed E-state index contributed by atoms with van der Waals surface area (Å²) in [4.78, 5) is 16.3. The number of hydrogen-bond acceptors (Lipinski definition) is 3. The molecule has 0 fully saturated rings. The average molecular weight is 311 g/mol. The average Bonchev–Trinajstić information content (AvgIpc) is 2.61. The molecule has 0 saturated heterocycles. The van der Waals surface area contributed by atoms with Crippen LogP contribution in [0.1, 0.15) is 35.6 Å². The van der Waals surface area contributed by atoms with Crippen LogP contribution in [0.5, 0.6) is 5.88 Å². The van der Waals surface area contributed by atoms with Crippen LogP contribution in [-0.2, 0) is 13.0 Å². The Labute approximate surface area is 136 Å². The Kier molecular flexibility index (Phi) is 4.76. The number of amides is 2. The van der Waals surface area contributed by atoms with E-state index in [9.17, 15) is 4.79 Å². The smallest absolute Gasteiger partial charge is 0.315 e. The summed E-state index contributed by atoms with van der Waals surface area (Å²) in [7, 11) is 1.58. The minimum absolute atomic E-state index is 0.0916. The number of pyridine rings is 1. The van der Waals surface area contributed by atoms with Gasteiger partial charge in [0, 0.05) is 18.8 Å². The monoisotopic (exact) mass is 311 g/mol. The van der Waals surface area contributed by atoms with Crippen LogP contribution in [0.15, 0.2) is 42.6 Å². The van der Waals surface area contributed by atoms with Crippen molar-refractivity contribution in [1.82, 2.24) is 15.6 Å². The van der Waals surface area contributed by atoms with Crippen LogP contribution in [0.3, 0.4) is 0 Å². The lowest BCUT2D eigenvalue weighted by Gasteiger charge is -2.26. The van der Waals surface area contributed by atoms with E-state index in [-0.39, 0.29) is 12.1 Å². The number of hydrogen-bond donors (Lipinski definition) is 2. The maximum Gasteiger partial charge on any atom is 0.315 e. The van der Waals surface area contributed by atoms with Crippen molar-refractivity contribution in [2.75, 3.05) is 7.11 Å². The van der Waals surface area contributed by atoms with Gasteiger partial charge >= 0.3 is 6.03 Å². The van der Waals surface area contributed by atoms with E-state index in [4.69, 9.17) is 4.74 Å². The van der Waals surface area contributed by atoms with Gasteiger partial charge < -0.3 is 15.4 Å². The fourth-order valence-corrected chi connectivity index (χ4v) is 2.93. The van der Waals surface area contributed by atoms with Crippen LogP contribution in [0.25, 0.3) is 0 Å². The van der Waals surface area contributed by atoms with E-state index in [0.29, 0.717) is 12.4 Å². The summed E-state index contributed by atoms with van der Waals surface area (Å²) in [5.41, 5.74) is 3.51. The number of aromatic nitrogens is 1. The maximum absolute atomic E-state index is 12.2. The molecule has 2 N–H and O–H groups in total. The largest absolute Gasteiger partial charge is 0.481 e. The van der Waals surface area contributed by atoms with E-state index in [1.54, 1.807) is 19.4 Å². The maximum atomic E-state index is 12.2. The number of carbonyl (C=O) groups excluding carboxylic acids is 1. The van der Waals surface area contributed by atoms with Crippen LogP contribution in [0.2, 0.25) is 0 Å². The summed E-state index contributed by atoms with van der Waals surface area (Å²) in [6.45, 7) is 0.442. The van der Waals surface area contributed by atoms with Crippen LogP contribution >= 0.6 is 0 Å². The molecular formula is C18H21N3O2. The third-order valence-electron chi connectivity index (χ3n) is 4.13. The molecule has 0 bridgehead atoms. The van der Waals surface area contributed by atoms with Crippen LogP contribution < -0.4 is 15.4 Å². The van der Waals surface area contributed by atoms with E-state index in [1.807, 2.05) is 12.1 Å². The number of nitrogens with one attached hydrogen (secondary N) is 2. The lowest BCUT2D eigenvalue weighted by Crippen LogP contribution is -2.38. The van der Waals surface area contributed by atoms with Gasteiger partial charge in [0.15, 0.2) is 0 Å². The molecule has 0 spiro atoms.